The molecule has 0 saturated heterocycles. The Hall–Kier alpha value is -0.600. The van der Waals surface area contributed by atoms with Crippen molar-refractivity contribution in [3.05, 3.63) is 57.3 Å². The van der Waals surface area contributed by atoms with E-state index in [1.54, 1.807) is 0 Å². The standard InChI is InChI=1S/C17H21BrS/c1-5-17(3,4)14-9-7-13(8-10-14)16(18)15-11-6-12(2)19-15/h6-11,16H,5H2,1-4H3. The van der Waals surface area contributed by atoms with E-state index in [-0.39, 0.29) is 5.41 Å². The van der Waals surface area contributed by atoms with Gasteiger partial charge >= 0.3 is 0 Å². The number of benzene rings is 1. The lowest BCUT2D eigenvalue weighted by molar-refractivity contribution is 0.506. The minimum Gasteiger partial charge on any atom is -0.144 e. The molecule has 0 saturated carbocycles. The van der Waals surface area contributed by atoms with Crippen molar-refractivity contribution in [2.24, 2.45) is 0 Å². The molecule has 0 aliphatic carbocycles. The average molecular weight is 337 g/mol. The third-order valence-electron chi connectivity index (χ3n) is 3.88. The highest BCUT2D eigenvalue weighted by Gasteiger charge is 2.19. The maximum absolute atomic E-state index is 3.81. The van der Waals surface area contributed by atoms with Crippen molar-refractivity contribution in [2.45, 2.75) is 44.4 Å². The number of alkyl halides is 1. The fourth-order valence-electron chi connectivity index (χ4n) is 2.06. The summed E-state index contributed by atoms with van der Waals surface area (Å²) in [5, 5.41) is 0. The van der Waals surface area contributed by atoms with Crippen LogP contribution in [0.1, 0.15) is 52.9 Å². The third kappa shape index (κ3) is 3.29. The molecule has 19 heavy (non-hydrogen) atoms. The smallest absolute Gasteiger partial charge is 0.0738 e. The predicted octanol–water partition coefficient (Wildman–Crippen LogP) is 6.23. The van der Waals surface area contributed by atoms with Crippen LogP contribution in [0.15, 0.2) is 36.4 Å². The SMILES string of the molecule is CCC(C)(C)c1ccc(C(Br)c2ccc(C)s2)cc1. The van der Waals surface area contributed by atoms with Crippen LogP contribution in [0, 0.1) is 6.92 Å². The Balaban J connectivity index is 2.23. The molecular formula is C17H21BrS. The van der Waals surface area contributed by atoms with E-state index in [4.69, 9.17) is 0 Å². The molecule has 1 unspecified atom stereocenters. The molecule has 2 heteroatoms. The van der Waals surface area contributed by atoms with Crippen molar-refractivity contribution in [1.29, 1.82) is 0 Å². The second kappa shape index (κ2) is 5.80. The molecule has 1 aromatic carbocycles. The molecule has 2 rings (SSSR count). The lowest BCUT2D eigenvalue weighted by Gasteiger charge is -2.23. The van der Waals surface area contributed by atoms with Crippen LogP contribution in [0.3, 0.4) is 0 Å². The lowest BCUT2D eigenvalue weighted by atomic mass is 9.82. The summed E-state index contributed by atoms with van der Waals surface area (Å²) in [5.41, 5.74) is 3.01. The van der Waals surface area contributed by atoms with Crippen LogP contribution in [0.2, 0.25) is 0 Å². The first kappa shape index (κ1) is 14.8. The zero-order valence-electron chi connectivity index (χ0n) is 12.0. The second-order valence-corrected chi connectivity index (χ2v) is 7.91. The van der Waals surface area contributed by atoms with E-state index in [9.17, 15) is 0 Å². The highest BCUT2D eigenvalue weighted by molar-refractivity contribution is 9.09. The van der Waals surface area contributed by atoms with Gasteiger partial charge in [0.2, 0.25) is 0 Å². The highest BCUT2D eigenvalue weighted by atomic mass is 79.9. The molecule has 0 amide bonds. The van der Waals surface area contributed by atoms with E-state index in [0.717, 1.165) is 6.42 Å². The summed E-state index contributed by atoms with van der Waals surface area (Å²) >= 11 is 5.67. The Kier molecular flexibility index (Phi) is 4.52. The first-order valence-corrected chi connectivity index (χ1v) is 8.48. The molecule has 102 valence electrons. The average Bonchev–Trinajstić information content (AvgIpc) is 2.85. The van der Waals surface area contributed by atoms with Gasteiger partial charge in [-0.1, -0.05) is 61.0 Å². The van der Waals surface area contributed by atoms with Crippen LogP contribution in [0.5, 0.6) is 0 Å². The van der Waals surface area contributed by atoms with Gasteiger partial charge in [-0.05, 0) is 42.0 Å². The Morgan fingerprint density at radius 2 is 1.74 bits per heavy atom. The van der Waals surface area contributed by atoms with Crippen molar-refractivity contribution in [1.82, 2.24) is 0 Å². The van der Waals surface area contributed by atoms with Crippen LogP contribution in [0.4, 0.5) is 0 Å². The van der Waals surface area contributed by atoms with Gasteiger partial charge in [0.05, 0.1) is 4.83 Å². The van der Waals surface area contributed by atoms with Gasteiger partial charge < -0.3 is 0 Å². The molecule has 0 radical (unpaired) electrons. The number of hydrogen-bond acceptors (Lipinski definition) is 1. The molecule has 2 aromatic rings. The predicted molar refractivity (Wildman–Crippen MR) is 89.6 cm³/mol. The number of rotatable bonds is 4. The van der Waals surface area contributed by atoms with Crippen LogP contribution >= 0.6 is 27.3 Å². The van der Waals surface area contributed by atoms with E-state index >= 15 is 0 Å². The molecular weight excluding hydrogens is 316 g/mol. The number of aryl methyl sites for hydroxylation is 1. The third-order valence-corrected chi connectivity index (χ3v) is 6.27. The van der Waals surface area contributed by atoms with E-state index in [0.29, 0.717) is 4.83 Å². The lowest BCUT2D eigenvalue weighted by Crippen LogP contribution is -2.15. The van der Waals surface area contributed by atoms with Gasteiger partial charge in [0.25, 0.3) is 0 Å². The molecule has 0 N–H and O–H groups in total. The number of thiophene rings is 1. The summed E-state index contributed by atoms with van der Waals surface area (Å²) in [4.78, 5) is 3.05. The Morgan fingerprint density at radius 3 is 2.21 bits per heavy atom. The summed E-state index contributed by atoms with van der Waals surface area (Å²) in [6.07, 6.45) is 1.16. The monoisotopic (exact) mass is 336 g/mol. The fourth-order valence-corrected chi connectivity index (χ4v) is 3.68. The Morgan fingerprint density at radius 1 is 1.11 bits per heavy atom. The van der Waals surface area contributed by atoms with Crippen molar-refractivity contribution in [3.8, 4) is 0 Å². The quantitative estimate of drug-likeness (QED) is 0.580. The fraction of sp³-hybridized carbons (Fsp3) is 0.412. The normalized spacial score (nSPS) is 13.5. The van der Waals surface area contributed by atoms with Gasteiger partial charge in [-0.2, -0.15) is 0 Å². The highest BCUT2D eigenvalue weighted by Crippen LogP contribution is 2.36. The van der Waals surface area contributed by atoms with Crippen LogP contribution in [0.25, 0.3) is 0 Å². The maximum atomic E-state index is 3.81. The van der Waals surface area contributed by atoms with Crippen molar-refractivity contribution in [3.63, 3.8) is 0 Å². The van der Waals surface area contributed by atoms with Gasteiger partial charge in [-0.3, -0.25) is 0 Å². The zero-order valence-corrected chi connectivity index (χ0v) is 14.4. The molecule has 1 heterocycles. The van der Waals surface area contributed by atoms with Crippen LogP contribution < -0.4 is 0 Å². The molecule has 0 nitrogen and oxygen atoms in total. The Labute approximate surface area is 129 Å². The number of halogens is 1. The summed E-state index contributed by atoms with van der Waals surface area (Å²) < 4.78 is 0. The van der Waals surface area contributed by atoms with E-state index < -0.39 is 0 Å². The first-order valence-electron chi connectivity index (χ1n) is 6.75. The topological polar surface area (TPSA) is 0 Å². The van der Waals surface area contributed by atoms with Gasteiger partial charge in [-0.25, -0.2) is 0 Å². The molecule has 0 bridgehead atoms. The molecule has 1 aromatic heterocycles. The zero-order chi connectivity index (χ0) is 14.0. The van der Waals surface area contributed by atoms with Gasteiger partial charge in [0.1, 0.15) is 0 Å². The van der Waals surface area contributed by atoms with E-state index in [1.807, 2.05) is 11.3 Å². The minimum absolute atomic E-state index is 0.264. The Bertz CT molecular complexity index is 537. The summed E-state index contributed by atoms with van der Waals surface area (Å²) in [6.45, 7) is 9.00. The van der Waals surface area contributed by atoms with Gasteiger partial charge in [-0.15, -0.1) is 11.3 Å². The van der Waals surface area contributed by atoms with Crippen molar-refractivity contribution in [2.75, 3.05) is 0 Å². The van der Waals surface area contributed by atoms with Gasteiger partial charge in [0, 0.05) is 9.75 Å². The number of hydrogen-bond donors (Lipinski definition) is 0. The summed E-state index contributed by atoms with van der Waals surface area (Å²) in [5.74, 6) is 0. The van der Waals surface area contributed by atoms with Crippen molar-refractivity contribution >= 4 is 27.3 Å². The molecule has 1 atom stereocenters. The van der Waals surface area contributed by atoms with E-state index in [1.165, 1.54) is 20.9 Å². The minimum atomic E-state index is 0.264. The van der Waals surface area contributed by atoms with Crippen LogP contribution in [-0.4, -0.2) is 0 Å². The molecule has 0 aliphatic heterocycles. The molecule has 0 fully saturated rings. The first-order chi connectivity index (χ1) is 8.94. The maximum Gasteiger partial charge on any atom is 0.0738 e. The summed E-state index contributed by atoms with van der Waals surface area (Å²) in [7, 11) is 0. The van der Waals surface area contributed by atoms with Gasteiger partial charge in [0.15, 0.2) is 0 Å². The largest absolute Gasteiger partial charge is 0.144 e. The van der Waals surface area contributed by atoms with E-state index in [2.05, 4.69) is 80.0 Å². The van der Waals surface area contributed by atoms with Crippen molar-refractivity contribution < 1.29 is 0 Å². The second-order valence-electron chi connectivity index (χ2n) is 5.67. The molecule has 0 aliphatic rings. The molecule has 0 spiro atoms. The summed E-state index contributed by atoms with van der Waals surface area (Å²) in [6, 6.07) is 13.4. The van der Waals surface area contributed by atoms with Crippen LogP contribution in [-0.2, 0) is 5.41 Å².